The van der Waals surface area contributed by atoms with Crippen molar-refractivity contribution in [3.8, 4) is 0 Å². The second-order valence-corrected chi connectivity index (χ2v) is 10.9. The number of aliphatic hydroxyl groups is 3. The van der Waals surface area contributed by atoms with E-state index in [0.29, 0.717) is 17.6 Å². The second kappa shape index (κ2) is 9.18. The van der Waals surface area contributed by atoms with E-state index in [1.165, 1.54) is 21.8 Å². The summed E-state index contributed by atoms with van der Waals surface area (Å²) in [5.74, 6) is 0. The largest absolute Gasteiger partial charge is 0.388 e. The molecule has 6 atom stereocenters. The molecule has 0 aromatic carbocycles. The Hall–Kier alpha value is -1.66. The third-order valence-corrected chi connectivity index (χ3v) is 9.07. The Morgan fingerprint density at radius 1 is 1.18 bits per heavy atom. The van der Waals surface area contributed by atoms with Crippen molar-refractivity contribution in [1.82, 2.24) is 19.1 Å². The molecule has 0 bridgehead atoms. The summed E-state index contributed by atoms with van der Waals surface area (Å²) in [6.45, 7) is 6.58. The van der Waals surface area contributed by atoms with Crippen molar-refractivity contribution in [2.45, 2.75) is 88.9 Å². The highest BCUT2D eigenvalue weighted by Gasteiger charge is 2.51. The first-order valence-electron chi connectivity index (χ1n) is 11.0. The topological polar surface area (TPSA) is 176 Å². The normalized spacial score (nSPS) is 27.5. The third-order valence-electron chi connectivity index (χ3n) is 6.69. The fourth-order valence-corrected chi connectivity index (χ4v) is 5.80. The van der Waals surface area contributed by atoms with Gasteiger partial charge in [-0.3, -0.25) is 14.5 Å². The van der Waals surface area contributed by atoms with Gasteiger partial charge in [-0.2, -0.15) is 0 Å². The lowest BCUT2D eigenvalue weighted by molar-refractivity contribution is -0.0696. The molecule has 0 radical (unpaired) electrons. The molecule has 2 aromatic heterocycles. The van der Waals surface area contributed by atoms with Gasteiger partial charge in [-0.25, -0.2) is 9.97 Å². The van der Waals surface area contributed by atoms with E-state index in [1.54, 1.807) is 34.7 Å². The summed E-state index contributed by atoms with van der Waals surface area (Å²) in [6, 6.07) is 0. The van der Waals surface area contributed by atoms with Crippen LogP contribution >= 0.6 is 7.60 Å². The number of imidazole rings is 1. The van der Waals surface area contributed by atoms with Gasteiger partial charge in [-0.15, -0.1) is 0 Å². The van der Waals surface area contributed by atoms with E-state index >= 15 is 0 Å². The van der Waals surface area contributed by atoms with E-state index in [0.717, 1.165) is 0 Å². The van der Waals surface area contributed by atoms with Crippen LogP contribution in [0.4, 0.5) is 0 Å². The highest BCUT2D eigenvalue weighted by Crippen LogP contribution is 2.60. The average Bonchev–Trinajstić information content (AvgIpc) is 3.31. The molecule has 12 nitrogen and oxygen atoms in total. The molecule has 2 aromatic rings. The molecule has 1 aliphatic heterocycles. The van der Waals surface area contributed by atoms with E-state index in [4.69, 9.17) is 14.7 Å². The average molecular weight is 487 g/mol. The molecular weight excluding hydrogens is 453 g/mol. The summed E-state index contributed by atoms with van der Waals surface area (Å²) in [5.41, 5.74) is -0.455. The molecule has 3 rings (SSSR count). The summed E-state index contributed by atoms with van der Waals surface area (Å²) < 4.78 is 27.5. The SMILES string of the molecule is CCC(C)(C[C@H]1O[C@@H](n2cnc3c(=N)n(C)cnc32)[C@H](O)[C@@H]1O)OP(=O)(O)C(O)(CC)CC. The maximum absolute atomic E-state index is 12.9. The summed E-state index contributed by atoms with van der Waals surface area (Å²) >= 11 is 0. The number of ether oxygens (including phenoxy) is 1. The van der Waals surface area contributed by atoms with Crippen molar-refractivity contribution in [2.75, 3.05) is 0 Å². The standard InChI is InChI=1S/C20H34N5O7P/c1-6-19(4,32-33(29,30)20(28,7-2)8-3)9-12-14(26)15(27)18(31-12)25-11-22-13-16(21)24(5)10-23-17(13)25/h10-12,14-15,18,21,26-28H,6-9H2,1-5H3,(H,29,30)/t12-,14-,15-,18-,19?/m1/s1. The van der Waals surface area contributed by atoms with Crippen LogP contribution in [0.25, 0.3) is 11.2 Å². The van der Waals surface area contributed by atoms with E-state index in [2.05, 4.69) is 9.97 Å². The number of rotatable bonds is 9. The molecule has 1 saturated heterocycles. The molecule has 13 heteroatoms. The molecule has 1 aliphatic rings. The predicted molar refractivity (Wildman–Crippen MR) is 118 cm³/mol. The van der Waals surface area contributed by atoms with Crippen molar-refractivity contribution in [1.29, 1.82) is 5.41 Å². The molecule has 0 aliphatic carbocycles. The van der Waals surface area contributed by atoms with Gasteiger partial charge in [0.05, 0.1) is 24.4 Å². The summed E-state index contributed by atoms with van der Waals surface area (Å²) in [6.07, 6.45) is -1.41. The Labute approximate surface area is 191 Å². The summed E-state index contributed by atoms with van der Waals surface area (Å²) in [4.78, 5) is 19.0. The van der Waals surface area contributed by atoms with Crippen LogP contribution < -0.4 is 5.49 Å². The Bertz CT molecular complexity index is 1100. The number of nitrogens with zero attached hydrogens (tertiary/aromatic N) is 4. The van der Waals surface area contributed by atoms with Crippen LogP contribution in [0.1, 0.15) is 59.6 Å². The molecule has 186 valence electrons. The minimum Gasteiger partial charge on any atom is -0.388 e. The van der Waals surface area contributed by atoms with E-state index < -0.39 is 43.1 Å². The van der Waals surface area contributed by atoms with Gasteiger partial charge in [-0.05, 0) is 26.2 Å². The van der Waals surface area contributed by atoms with Crippen molar-refractivity contribution < 1.29 is 34.0 Å². The van der Waals surface area contributed by atoms with Crippen molar-refractivity contribution in [2.24, 2.45) is 7.05 Å². The first kappa shape index (κ1) is 26.0. The van der Waals surface area contributed by atoms with Crippen LogP contribution in [0.15, 0.2) is 12.7 Å². The minimum absolute atomic E-state index is 0.00893. The highest BCUT2D eigenvalue weighted by molar-refractivity contribution is 7.54. The van der Waals surface area contributed by atoms with Gasteiger partial charge in [-0.1, -0.05) is 20.8 Å². The smallest absolute Gasteiger partial charge is 0.359 e. The van der Waals surface area contributed by atoms with E-state index in [9.17, 15) is 24.8 Å². The van der Waals surface area contributed by atoms with Gasteiger partial charge in [0.2, 0.25) is 0 Å². The lowest BCUT2D eigenvalue weighted by Gasteiger charge is -2.38. The molecular formula is C20H34N5O7P. The van der Waals surface area contributed by atoms with Gasteiger partial charge in [0, 0.05) is 13.5 Å². The molecule has 0 spiro atoms. The molecule has 5 N–H and O–H groups in total. The molecule has 3 heterocycles. The number of hydrogen-bond donors (Lipinski definition) is 5. The van der Waals surface area contributed by atoms with Gasteiger partial charge in [0.15, 0.2) is 22.7 Å². The lowest BCUT2D eigenvalue weighted by atomic mass is 9.93. The number of aryl methyl sites for hydroxylation is 1. The molecule has 33 heavy (non-hydrogen) atoms. The van der Waals surface area contributed by atoms with Crippen molar-refractivity contribution in [3.63, 3.8) is 0 Å². The molecule has 2 unspecified atom stereocenters. The predicted octanol–water partition coefficient (Wildman–Crippen LogP) is 1.14. The van der Waals surface area contributed by atoms with Crippen LogP contribution in [0.3, 0.4) is 0 Å². The van der Waals surface area contributed by atoms with Gasteiger partial charge in [0.1, 0.15) is 17.7 Å². The first-order chi connectivity index (χ1) is 15.3. The minimum atomic E-state index is -4.44. The fourth-order valence-electron chi connectivity index (χ4n) is 4.03. The first-order valence-corrected chi connectivity index (χ1v) is 12.6. The Kier molecular flexibility index (Phi) is 7.22. The maximum Gasteiger partial charge on any atom is 0.359 e. The number of nitrogens with one attached hydrogen (secondary N) is 1. The third kappa shape index (κ3) is 4.53. The van der Waals surface area contributed by atoms with Crippen molar-refractivity contribution >= 4 is 18.8 Å². The van der Waals surface area contributed by atoms with Crippen LogP contribution in [-0.4, -0.2) is 68.6 Å². The van der Waals surface area contributed by atoms with Crippen LogP contribution in [0.2, 0.25) is 0 Å². The zero-order valence-electron chi connectivity index (χ0n) is 19.5. The van der Waals surface area contributed by atoms with Gasteiger partial charge in [0.25, 0.3) is 0 Å². The van der Waals surface area contributed by atoms with E-state index in [1.807, 2.05) is 0 Å². The van der Waals surface area contributed by atoms with Crippen molar-refractivity contribution in [3.05, 3.63) is 18.1 Å². The van der Waals surface area contributed by atoms with Gasteiger partial charge < -0.3 is 34.0 Å². The summed E-state index contributed by atoms with van der Waals surface area (Å²) in [7, 11) is -2.78. The number of fused-ring (bicyclic) bond motifs is 1. The maximum atomic E-state index is 12.9. The van der Waals surface area contributed by atoms with Crippen LogP contribution in [0.5, 0.6) is 0 Å². The number of aliphatic hydroxyl groups excluding tert-OH is 2. The second-order valence-electron chi connectivity index (χ2n) is 8.88. The van der Waals surface area contributed by atoms with Crippen LogP contribution in [-0.2, 0) is 20.9 Å². The van der Waals surface area contributed by atoms with Gasteiger partial charge >= 0.3 is 7.60 Å². The molecule has 0 saturated carbocycles. The Balaban J connectivity index is 1.85. The Morgan fingerprint density at radius 2 is 1.82 bits per heavy atom. The fraction of sp³-hybridized carbons (Fsp3) is 0.750. The zero-order valence-corrected chi connectivity index (χ0v) is 20.4. The molecule has 1 fully saturated rings. The molecule has 0 amide bonds. The lowest BCUT2D eigenvalue weighted by Crippen LogP contribution is -2.40. The Morgan fingerprint density at radius 3 is 2.39 bits per heavy atom. The van der Waals surface area contributed by atoms with E-state index in [-0.39, 0.29) is 24.8 Å². The monoisotopic (exact) mass is 487 g/mol. The van der Waals surface area contributed by atoms with Crippen LogP contribution in [0, 0.1) is 5.41 Å². The summed E-state index contributed by atoms with van der Waals surface area (Å²) in [5, 5.41) is 38.2. The zero-order chi connectivity index (χ0) is 24.8. The number of aromatic nitrogens is 4. The number of hydrogen-bond acceptors (Lipinski definition) is 9. The highest BCUT2D eigenvalue weighted by atomic mass is 31.2. The quantitative estimate of drug-likeness (QED) is 0.325.